The van der Waals surface area contributed by atoms with Crippen molar-refractivity contribution in [3.8, 4) is 22.8 Å². The molecule has 0 bridgehead atoms. The Morgan fingerprint density at radius 1 is 1.15 bits per heavy atom. The molecule has 0 saturated heterocycles. The Morgan fingerprint density at radius 3 is 2.36 bits per heavy atom. The van der Waals surface area contributed by atoms with E-state index in [2.05, 4.69) is 10.4 Å². The van der Waals surface area contributed by atoms with Gasteiger partial charge in [0, 0.05) is 42.5 Å². The highest BCUT2D eigenvalue weighted by atomic mass is 19.4. The molecule has 3 rings (SSSR count). The van der Waals surface area contributed by atoms with Gasteiger partial charge in [-0.15, -0.1) is 0 Å². The first-order valence-electron chi connectivity index (χ1n) is 9.94. The smallest absolute Gasteiger partial charge is 0.386 e. The molecule has 0 radical (unpaired) electrons. The van der Waals surface area contributed by atoms with Crippen LogP contribution in [0, 0.1) is 0 Å². The normalized spacial score (nSPS) is 11.4. The van der Waals surface area contributed by atoms with Gasteiger partial charge in [-0.05, 0) is 56.3 Å². The van der Waals surface area contributed by atoms with Crippen molar-refractivity contribution in [1.29, 1.82) is 0 Å². The molecule has 0 aliphatic carbocycles. The summed E-state index contributed by atoms with van der Waals surface area (Å²) in [6.45, 7) is 4.31. The van der Waals surface area contributed by atoms with Crippen molar-refractivity contribution in [2.24, 2.45) is 12.8 Å². The molecule has 0 aliphatic rings. The van der Waals surface area contributed by atoms with Crippen LogP contribution in [0.25, 0.3) is 11.3 Å². The van der Waals surface area contributed by atoms with Crippen LogP contribution in [-0.4, -0.2) is 39.1 Å². The van der Waals surface area contributed by atoms with E-state index in [1.54, 1.807) is 35.1 Å². The summed E-state index contributed by atoms with van der Waals surface area (Å²) < 4.78 is 38.7. The molecule has 10 heteroatoms. The van der Waals surface area contributed by atoms with Crippen molar-refractivity contribution >= 4 is 11.6 Å². The minimum Gasteiger partial charge on any atom is -0.508 e. The number of carbonyl (C=O) groups excluding carboxylic acids is 1. The van der Waals surface area contributed by atoms with Gasteiger partial charge in [0.05, 0.1) is 5.69 Å². The maximum absolute atomic E-state index is 12.5. The van der Waals surface area contributed by atoms with Crippen LogP contribution in [-0.2, 0) is 7.05 Å². The van der Waals surface area contributed by atoms with Crippen molar-refractivity contribution in [3.05, 3.63) is 60.3 Å². The molecule has 4 N–H and O–H groups in total. The van der Waals surface area contributed by atoms with E-state index in [1.165, 1.54) is 12.1 Å². The molecule has 2 aromatic carbocycles. The number of rotatable bonds is 6. The number of halogens is 3. The molecule has 7 nitrogen and oxygen atoms in total. The largest absolute Gasteiger partial charge is 0.508 e. The van der Waals surface area contributed by atoms with E-state index in [9.17, 15) is 23.1 Å². The molecule has 33 heavy (non-hydrogen) atoms. The van der Waals surface area contributed by atoms with Gasteiger partial charge < -0.3 is 20.9 Å². The first-order chi connectivity index (χ1) is 15.2. The first-order valence-corrected chi connectivity index (χ1v) is 9.94. The number of aryl methyl sites for hydroxylation is 1. The highest BCUT2D eigenvalue weighted by molar-refractivity contribution is 6.04. The lowest BCUT2D eigenvalue weighted by molar-refractivity contribution is -0.110. The number of benzene rings is 2. The van der Waals surface area contributed by atoms with Crippen molar-refractivity contribution in [1.82, 2.24) is 9.78 Å². The van der Waals surface area contributed by atoms with E-state index >= 15 is 0 Å². The fourth-order valence-electron chi connectivity index (χ4n) is 2.69. The minimum absolute atomic E-state index is 0.0383. The second-order valence-corrected chi connectivity index (χ2v) is 8.11. The van der Waals surface area contributed by atoms with Gasteiger partial charge in [-0.25, -0.2) is 0 Å². The standard InChI is InChI=1S/C21H24N4O3.C2H3F3/c1-21(2,22)13-28-19-8-7-15(12-17(19)18-9-10-23-25(18)3)24-20(27)14-5-4-6-16(26)11-14;1-2(3,4)5/h4-12,26H,13,22H2,1-3H3,(H,24,27);1H3. The van der Waals surface area contributed by atoms with Crippen LogP contribution in [0.3, 0.4) is 0 Å². The number of amides is 1. The summed E-state index contributed by atoms with van der Waals surface area (Å²) in [4.78, 5) is 12.5. The third-order valence-corrected chi connectivity index (χ3v) is 4.04. The molecule has 0 fully saturated rings. The first kappa shape index (κ1) is 25.7. The summed E-state index contributed by atoms with van der Waals surface area (Å²) in [5.74, 6) is 0.373. The number of nitrogens with two attached hydrogens (primary N) is 1. The fraction of sp³-hybridized carbons (Fsp3) is 0.304. The zero-order valence-corrected chi connectivity index (χ0v) is 18.8. The van der Waals surface area contributed by atoms with Crippen molar-refractivity contribution < 1.29 is 27.8 Å². The summed E-state index contributed by atoms with van der Waals surface area (Å²) in [7, 11) is 1.84. The van der Waals surface area contributed by atoms with Gasteiger partial charge in [-0.1, -0.05) is 6.07 Å². The zero-order valence-electron chi connectivity index (χ0n) is 18.8. The molecule has 0 saturated carbocycles. The summed E-state index contributed by atoms with van der Waals surface area (Å²) in [5.41, 5.74) is 8.16. The van der Waals surface area contributed by atoms with Crippen molar-refractivity contribution in [3.63, 3.8) is 0 Å². The fourth-order valence-corrected chi connectivity index (χ4v) is 2.69. The Morgan fingerprint density at radius 2 is 1.82 bits per heavy atom. The summed E-state index contributed by atoms with van der Waals surface area (Å²) in [5, 5.41) is 16.6. The molecule has 0 unspecified atom stereocenters. The maximum Gasteiger partial charge on any atom is 0.386 e. The Labute approximate surface area is 190 Å². The highest BCUT2D eigenvalue weighted by Gasteiger charge is 2.17. The molecule has 3 aromatic rings. The van der Waals surface area contributed by atoms with Crippen LogP contribution in [0.2, 0.25) is 0 Å². The number of ether oxygens (including phenoxy) is 1. The van der Waals surface area contributed by atoms with Crippen LogP contribution >= 0.6 is 0 Å². The monoisotopic (exact) mass is 464 g/mol. The molecule has 1 heterocycles. The summed E-state index contributed by atoms with van der Waals surface area (Å²) in [6, 6.07) is 13.5. The van der Waals surface area contributed by atoms with Crippen LogP contribution in [0.4, 0.5) is 18.9 Å². The van der Waals surface area contributed by atoms with E-state index in [0.29, 0.717) is 23.6 Å². The molecule has 0 atom stereocenters. The van der Waals surface area contributed by atoms with Gasteiger partial charge in [0.15, 0.2) is 0 Å². The number of hydrogen-bond donors (Lipinski definition) is 3. The summed E-state index contributed by atoms with van der Waals surface area (Å²) in [6.07, 6.45) is -2.30. The third-order valence-electron chi connectivity index (χ3n) is 4.04. The van der Waals surface area contributed by atoms with Gasteiger partial charge >= 0.3 is 6.18 Å². The Hall–Kier alpha value is -3.53. The number of phenols is 1. The van der Waals surface area contributed by atoms with Crippen LogP contribution in [0.1, 0.15) is 31.1 Å². The Kier molecular flexibility index (Phi) is 8.10. The van der Waals surface area contributed by atoms with Gasteiger partial charge in [0.2, 0.25) is 0 Å². The molecule has 1 amide bonds. The van der Waals surface area contributed by atoms with Crippen LogP contribution in [0.15, 0.2) is 54.7 Å². The number of nitrogens with one attached hydrogen (secondary N) is 1. The topological polar surface area (TPSA) is 102 Å². The molecule has 178 valence electrons. The minimum atomic E-state index is -4.00. The molecule has 1 aromatic heterocycles. The average Bonchev–Trinajstić information content (AvgIpc) is 3.10. The van der Waals surface area contributed by atoms with E-state index in [0.717, 1.165) is 11.3 Å². The van der Waals surface area contributed by atoms with E-state index in [1.807, 2.05) is 33.0 Å². The number of carbonyl (C=O) groups is 1. The SMILES string of the molecule is CC(F)(F)F.Cn1nccc1-c1cc(NC(=O)c2cccc(O)c2)ccc1OCC(C)(C)N. The lowest BCUT2D eigenvalue weighted by Gasteiger charge is -2.21. The van der Waals surface area contributed by atoms with Gasteiger partial charge in [0.25, 0.3) is 5.91 Å². The van der Waals surface area contributed by atoms with Crippen LogP contribution in [0.5, 0.6) is 11.5 Å². The van der Waals surface area contributed by atoms with Crippen molar-refractivity contribution in [2.45, 2.75) is 32.5 Å². The quantitative estimate of drug-likeness (QED) is 0.490. The molecular weight excluding hydrogens is 437 g/mol. The highest BCUT2D eigenvalue weighted by Crippen LogP contribution is 2.33. The van der Waals surface area contributed by atoms with E-state index < -0.39 is 11.7 Å². The Balaban J connectivity index is 0.000000696. The molecular formula is C23H27F3N4O3. The average molecular weight is 464 g/mol. The molecule has 0 aliphatic heterocycles. The summed E-state index contributed by atoms with van der Waals surface area (Å²) >= 11 is 0. The number of aromatic hydroxyl groups is 1. The van der Waals surface area contributed by atoms with Gasteiger partial charge in [-0.3, -0.25) is 9.48 Å². The van der Waals surface area contributed by atoms with Crippen LogP contribution < -0.4 is 15.8 Å². The second-order valence-electron chi connectivity index (χ2n) is 8.11. The van der Waals surface area contributed by atoms with E-state index in [-0.39, 0.29) is 18.6 Å². The lowest BCUT2D eigenvalue weighted by Crippen LogP contribution is -2.38. The number of aromatic nitrogens is 2. The number of anilines is 1. The number of alkyl halides is 3. The van der Waals surface area contributed by atoms with Gasteiger partial charge in [-0.2, -0.15) is 18.3 Å². The number of hydrogen-bond acceptors (Lipinski definition) is 5. The number of phenolic OH excluding ortho intramolecular Hbond substituents is 1. The van der Waals surface area contributed by atoms with Gasteiger partial charge in [0.1, 0.15) is 18.1 Å². The number of nitrogens with zero attached hydrogens (tertiary/aromatic N) is 2. The predicted molar refractivity (Wildman–Crippen MR) is 120 cm³/mol. The van der Waals surface area contributed by atoms with Crippen molar-refractivity contribution in [2.75, 3.05) is 11.9 Å². The zero-order chi connectivity index (χ0) is 24.8. The predicted octanol–water partition coefficient (Wildman–Crippen LogP) is 4.73. The maximum atomic E-state index is 12.5. The third kappa shape index (κ3) is 8.85. The Bertz CT molecular complexity index is 1080. The lowest BCUT2D eigenvalue weighted by atomic mass is 10.1. The molecule has 0 spiro atoms. The second kappa shape index (κ2) is 10.4. The van der Waals surface area contributed by atoms with E-state index in [4.69, 9.17) is 10.5 Å².